The van der Waals surface area contributed by atoms with Gasteiger partial charge in [-0.15, -0.1) is 45.3 Å². The Morgan fingerprint density at radius 3 is 0.824 bits per heavy atom. The van der Waals surface area contributed by atoms with E-state index in [0.29, 0.717) is 0 Å². The Morgan fingerprint density at radius 1 is 0.294 bits per heavy atom. The summed E-state index contributed by atoms with van der Waals surface area (Å²) in [4.78, 5) is 10.7. The van der Waals surface area contributed by atoms with Gasteiger partial charge in [0, 0.05) is 39.0 Å². The molecular weight excluding hydrogens is 489 g/mol. The molecule has 2 aromatic carbocycles. The molecule has 0 spiro atoms. The monoisotopic (exact) mass is 510 g/mol. The van der Waals surface area contributed by atoms with Gasteiger partial charge in [-0.25, -0.2) is 0 Å². The minimum atomic E-state index is 1.29. The van der Waals surface area contributed by atoms with E-state index in [1.807, 2.05) is 45.3 Å². The van der Waals surface area contributed by atoms with Gasteiger partial charge in [0.15, 0.2) is 0 Å². The Morgan fingerprint density at radius 2 is 0.529 bits per heavy atom. The van der Waals surface area contributed by atoms with E-state index >= 15 is 0 Å². The van der Waals surface area contributed by atoms with Crippen LogP contribution in [-0.4, -0.2) is 0 Å². The molecule has 0 nitrogen and oxygen atoms in total. The second-order valence-electron chi connectivity index (χ2n) is 8.39. The molecule has 0 aliphatic rings. The molecule has 0 atom stereocenters. The van der Waals surface area contributed by atoms with Crippen LogP contribution in [0.1, 0.15) is 11.1 Å². The Hall–Kier alpha value is -2.76. The third-order valence-corrected chi connectivity index (χ3v) is 10.9. The van der Waals surface area contributed by atoms with Gasteiger partial charge in [0.1, 0.15) is 0 Å². The van der Waals surface area contributed by atoms with Gasteiger partial charge in [0.2, 0.25) is 0 Å². The number of thiophene rings is 4. The highest BCUT2D eigenvalue weighted by atomic mass is 32.1. The maximum atomic E-state index is 2.27. The van der Waals surface area contributed by atoms with Crippen LogP contribution in [0, 0.1) is 13.8 Å². The van der Waals surface area contributed by atoms with Crippen LogP contribution in [0.15, 0.2) is 97.1 Å². The summed E-state index contributed by atoms with van der Waals surface area (Å²) in [5.41, 5.74) is 5.19. The fourth-order valence-corrected chi connectivity index (χ4v) is 8.20. The molecule has 4 heterocycles. The first-order valence-corrected chi connectivity index (χ1v) is 14.4. The standard InChI is InChI=1S/C30H22S4/c1-19-3-7-21(8-4-19)23-11-13-25(31-23)27-15-17-29(33-27)30-18-16-28(34-30)26-14-12-24(32-26)22-9-5-20(2)6-10-22/h3-18H,1-2H3. The molecule has 4 heteroatoms. The van der Waals surface area contributed by atoms with Crippen molar-refractivity contribution < 1.29 is 0 Å². The zero-order valence-corrected chi connectivity index (χ0v) is 22.1. The van der Waals surface area contributed by atoms with Gasteiger partial charge < -0.3 is 0 Å². The second-order valence-corrected chi connectivity index (χ2v) is 12.7. The van der Waals surface area contributed by atoms with Crippen LogP contribution in [0.3, 0.4) is 0 Å². The number of hydrogen-bond acceptors (Lipinski definition) is 4. The maximum absolute atomic E-state index is 2.27. The van der Waals surface area contributed by atoms with Gasteiger partial charge in [-0.3, -0.25) is 0 Å². The van der Waals surface area contributed by atoms with Crippen LogP contribution < -0.4 is 0 Å². The van der Waals surface area contributed by atoms with Crippen molar-refractivity contribution in [2.75, 3.05) is 0 Å². The van der Waals surface area contributed by atoms with Crippen molar-refractivity contribution in [2.24, 2.45) is 0 Å². The van der Waals surface area contributed by atoms with Gasteiger partial charge in [-0.2, -0.15) is 0 Å². The van der Waals surface area contributed by atoms with E-state index < -0.39 is 0 Å². The lowest BCUT2D eigenvalue weighted by molar-refractivity contribution is 1.48. The largest absolute Gasteiger partial charge is 0.134 e. The zero-order chi connectivity index (χ0) is 23.1. The summed E-state index contributed by atoms with van der Waals surface area (Å²) in [7, 11) is 0. The van der Waals surface area contributed by atoms with Gasteiger partial charge in [0.25, 0.3) is 0 Å². The van der Waals surface area contributed by atoms with E-state index in [1.165, 1.54) is 61.3 Å². The van der Waals surface area contributed by atoms with E-state index in [9.17, 15) is 0 Å². The molecule has 166 valence electrons. The van der Waals surface area contributed by atoms with Crippen molar-refractivity contribution in [3.05, 3.63) is 108 Å². The molecule has 0 aliphatic heterocycles. The quantitative estimate of drug-likeness (QED) is 0.216. The summed E-state index contributed by atoms with van der Waals surface area (Å²) < 4.78 is 0. The molecule has 34 heavy (non-hydrogen) atoms. The summed E-state index contributed by atoms with van der Waals surface area (Å²) in [5, 5.41) is 0. The Labute approximate surface area is 216 Å². The molecular formula is C30H22S4. The highest BCUT2D eigenvalue weighted by Crippen LogP contribution is 2.44. The normalized spacial score (nSPS) is 11.2. The Balaban J connectivity index is 1.23. The second kappa shape index (κ2) is 9.12. The smallest absolute Gasteiger partial charge is 0.0449 e. The molecule has 4 aromatic heterocycles. The highest BCUT2D eigenvalue weighted by Gasteiger charge is 2.12. The predicted molar refractivity (Wildman–Crippen MR) is 155 cm³/mol. The molecule has 0 unspecified atom stereocenters. The van der Waals surface area contributed by atoms with Crippen molar-refractivity contribution in [1.29, 1.82) is 0 Å². The first-order valence-electron chi connectivity index (χ1n) is 11.2. The van der Waals surface area contributed by atoms with Gasteiger partial charge in [-0.1, -0.05) is 59.7 Å². The number of benzene rings is 2. The average molecular weight is 511 g/mol. The fraction of sp³-hybridized carbons (Fsp3) is 0.0667. The first kappa shape index (κ1) is 21.8. The molecule has 0 saturated carbocycles. The summed E-state index contributed by atoms with van der Waals surface area (Å²) >= 11 is 7.52. The number of aryl methyl sites for hydroxylation is 2. The van der Waals surface area contributed by atoms with E-state index in [2.05, 4.69) is 111 Å². The lowest BCUT2D eigenvalue weighted by atomic mass is 10.1. The SMILES string of the molecule is Cc1ccc(-c2ccc(-c3ccc(-c4ccc(-c5ccc(-c6ccc(C)cc6)s5)s4)s3)s2)cc1. The summed E-state index contributed by atoms with van der Waals surface area (Å²) in [6, 6.07) is 35.7. The van der Waals surface area contributed by atoms with Gasteiger partial charge in [-0.05, 0) is 73.5 Å². The lowest BCUT2D eigenvalue weighted by Gasteiger charge is -1.97. The van der Waals surface area contributed by atoms with Gasteiger partial charge in [0.05, 0.1) is 0 Å². The first-order chi connectivity index (χ1) is 16.6. The topological polar surface area (TPSA) is 0 Å². The van der Waals surface area contributed by atoms with Crippen molar-refractivity contribution in [1.82, 2.24) is 0 Å². The molecule has 0 bridgehead atoms. The molecule has 0 amide bonds. The molecule has 0 N–H and O–H groups in total. The fourth-order valence-electron chi connectivity index (χ4n) is 3.89. The van der Waals surface area contributed by atoms with Crippen LogP contribution in [-0.2, 0) is 0 Å². The maximum Gasteiger partial charge on any atom is 0.0449 e. The molecule has 0 radical (unpaired) electrons. The van der Waals surface area contributed by atoms with Crippen LogP contribution in [0.4, 0.5) is 0 Å². The van der Waals surface area contributed by atoms with Crippen LogP contribution in [0.2, 0.25) is 0 Å². The van der Waals surface area contributed by atoms with Crippen LogP contribution >= 0.6 is 45.3 Å². The molecule has 0 fully saturated rings. The average Bonchev–Trinajstić information content (AvgIpc) is 3.65. The van der Waals surface area contributed by atoms with Crippen molar-refractivity contribution >= 4 is 45.3 Å². The molecule has 6 aromatic rings. The van der Waals surface area contributed by atoms with E-state index in [1.54, 1.807) is 0 Å². The Bertz CT molecular complexity index is 1430. The highest BCUT2D eigenvalue weighted by molar-refractivity contribution is 7.29. The number of rotatable bonds is 5. The molecule has 6 rings (SSSR count). The summed E-state index contributed by atoms with van der Waals surface area (Å²) in [5.74, 6) is 0. The van der Waals surface area contributed by atoms with E-state index in [0.717, 1.165) is 0 Å². The predicted octanol–water partition coefficient (Wildman–Crippen LogP) is 10.9. The Kier molecular flexibility index (Phi) is 5.84. The molecule has 0 saturated heterocycles. The van der Waals surface area contributed by atoms with Crippen LogP contribution in [0.5, 0.6) is 0 Å². The summed E-state index contributed by atoms with van der Waals surface area (Å²) in [6.07, 6.45) is 0. The zero-order valence-electron chi connectivity index (χ0n) is 18.9. The summed E-state index contributed by atoms with van der Waals surface area (Å²) in [6.45, 7) is 4.27. The third-order valence-electron chi connectivity index (χ3n) is 5.82. The van der Waals surface area contributed by atoms with Gasteiger partial charge >= 0.3 is 0 Å². The minimum Gasteiger partial charge on any atom is -0.134 e. The van der Waals surface area contributed by atoms with E-state index in [-0.39, 0.29) is 0 Å². The van der Waals surface area contributed by atoms with Crippen LogP contribution in [0.25, 0.3) is 50.1 Å². The van der Waals surface area contributed by atoms with Crippen molar-refractivity contribution in [3.8, 4) is 50.1 Å². The minimum absolute atomic E-state index is 1.29. The van der Waals surface area contributed by atoms with Crippen molar-refractivity contribution in [3.63, 3.8) is 0 Å². The third kappa shape index (κ3) is 4.35. The number of hydrogen-bond donors (Lipinski definition) is 0. The lowest BCUT2D eigenvalue weighted by Crippen LogP contribution is -1.72. The van der Waals surface area contributed by atoms with E-state index in [4.69, 9.17) is 0 Å². The molecule has 0 aliphatic carbocycles. The van der Waals surface area contributed by atoms with Crippen molar-refractivity contribution in [2.45, 2.75) is 13.8 Å².